The number of alkyl halides is 2. The predicted octanol–water partition coefficient (Wildman–Crippen LogP) is 2.82. The molecule has 1 atom stereocenters. The average molecular weight is 255 g/mol. The highest BCUT2D eigenvalue weighted by molar-refractivity contribution is 5.94. The number of rotatable bonds is 5. The van der Waals surface area contributed by atoms with Crippen LogP contribution in [0.25, 0.3) is 0 Å². The number of benzene rings is 1. The summed E-state index contributed by atoms with van der Waals surface area (Å²) in [6.07, 6.45) is 2.27. The van der Waals surface area contributed by atoms with Gasteiger partial charge in [0, 0.05) is 11.6 Å². The summed E-state index contributed by atoms with van der Waals surface area (Å²) in [6, 6.07) is 5.94. The van der Waals surface area contributed by atoms with E-state index in [1.54, 1.807) is 6.07 Å². The van der Waals surface area contributed by atoms with E-state index in [0.29, 0.717) is 11.5 Å². The molecule has 1 aromatic rings. The number of amides is 1. The van der Waals surface area contributed by atoms with E-state index < -0.39 is 6.61 Å². The summed E-state index contributed by atoms with van der Waals surface area (Å²) in [5.74, 6) is 0.292. The van der Waals surface area contributed by atoms with Crippen molar-refractivity contribution >= 4 is 5.91 Å². The molecular weight excluding hydrogens is 240 g/mol. The first kappa shape index (κ1) is 12.8. The van der Waals surface area contributed by atoms with Crippen molar-refractivity contribution in [3.63, 3.8) is 0 Å². The van der Waals surface area contributed by atoms with Crippen LogP contribution in [0.4, 0.5) is 8.78 Å². The summed E-state index contributed by atoms with van der Waals surface area (Å²) in [5, 5.41) is 2.86. The second-order valence-corrected chi connectivity index (χ2v) is 4.51. The van der Waals surface area contributed by atoms with Crippen molar-refractivity contribution in [1.29, 1.82) is 0 Å². The molecule has 1 N–H and O–H groups in total. The Morgan fingerprint density at radius 3 is 2.78 bits per heavy atom. The predicted molar refractivity (Wildman–Crippen MR) is 62.7 cm³/mol. The van der Waals surface area contributed by atoms with Gasteiger partial charge in [-0.3, -0.25) is 4.79 Å². The van der Waals surface area contributed by atoms with E-state index in [1.807, 2.05) is 6.92 Å². The van der Waals surface area contributed by atoms with Gasteiger partial charge < -0.3 is 10.1 Å². The molecule has 1 aromatic carbocycles. The van der Waals surface area contributed by atoms with Gasteiger partial charge in [-0.05, 0) is 43.9 Å². The van der Waals surface area contributed by atoms with Gasteiger partial charge >= 0.3 is 6.61 Å². The third kappa shape index (κ3) is 3.42. The topological polar surface area (TPSA) is 38.3 Å². The third-order valence-electron chi connectivity index (χ3n) is 3.01. The molecule has 1 aliphatic carbocycles. The van der Waals surface area contributed by atoms with Gasteiger partial charge in [0.15, 0.2) is 0 Å². The Hall–Kier alpha value is -1.65. The number of halogens is 2. The second-order valence-electron chi connectivity index (χ2n) is 4.51. The Bertz CT molecular complexity index is 433. The summed E-state index contributed by atoms with van der Waals surface area (Å²) >= 11 is 0. The quantitative estimate of drug-likeness (QED) is 0.878. The number of carbonyl (C=O) groups is 1. The van der Waals surface area contributed by atoms with Crippen LogP contribution in [0.3, 0.4) is 0 Å². The van der Waals surface area contributed by atoms with Gasteiger partial charge in [-0.15, -0.1) is 0 Å². The van der Waals surface area contributed by atoms with E-state index >= 15 is 0 Å². The Morgan fingerprint density at radius 2 is 2.17 bits per heavy atom. The summed E-state index contributed by atoms with van der Waals surface area (Å²) in [5.41, 5.74) is 0.334. The zero-order valence-electron chi connectivity index (χ0n) is 10.0. The van der Waals surface area contributed by atoms with E-state index in [1.165, 1.54) is 18.2 Å². The Kier molecular flexibility index (Phi) is 3.79. The van der Waals surface area contributed by atoms with Gasteiger partial charge in [0.1, 0.15) is 5.75 Å². The fourth-order valence-corrected chi connectivity index (χ4v) is 1.82. The smallest absolute Gasteiger partial charge is 0.387 e. The standard InChI is InChI=1S/C13H15F2NO2/c1-8(9-5-6-9)16-12(17)10-3-2-4-11(7-10)18-13(14)15/h2-4,7-9,13H,5-6H2,1H3,(H,16,17). The summed E-state index contributed by atoms with van der Waals surface area (Å²) in [4.78, 5) is 11.9. The molecular formula is C13H15F2NO2. The SMILES string of the molecule is CC(NC(=O)c1cccc(OC(F)F)c1)C1CC1. The molecule has 1 fully saturated rings. The zero-order chi connectivity index (χ0) is 13.1. The monoisotopic (exact) mass is 255 g/mol. The minimum Gasteiger partial charge on any atom is -0.435 e. The Morgan fingerprint density at radius 1 is 1.44 bits per heavy atom. The van der Waals surface area contributed by atoms with Crippen LogP contribution in [-0.4, -0.2) is 18.6 Å². The van der Waals surface area contributed by atoms with Crippen LogP contribution in [0.1, 0.15) is 30.1 Å². The van der Waals surface area contributed by atoms with Gasteiger partial charge in [0.2, 0.25) is 0 Å². The molecule has 5 heteroatoms. The van der Waals surface area contributed by atoms with Crippen molar-refractivity contribution in [1.82, 2.24) is 5.32 Å². The van der Waals surface area contributed by atoms with Crippen molar-refractivity contribution in [2.75, 3.05) is 0 Å². The van der Waals surface area contributed by atoms with Crippen molar-refractivity contribution in [3.05, 3.63) is 29.8 Å². The lowest BCUT2D eigenvalue weighted by Crippen LogP contribution is -2.33. The minimum absolute atomic E-state index is 0.00303. The van der Waals surface area contributed by atoms with Gasteiger partial charge in [-0.25, -0.2) is 0 Å². The Labute approximate surface area is 104 Å². The highest BCUT2D eigenvalue weighted by Crippen LogP contribution is 2.32. The number of hydrogen-bond donors (Lipinski definition) is 1. The van der Waals surface area contributed by atoms with Gasteiger partial charge in [0.05, 0.1) is 0 Å². The van der Waals surface area contributed by atoms with E-state index in [2.05, 4.69) is 10.1 Å². The molecule has 1 unspecified atom stereocenters. The third-order valence-corrected chi connectivity index (χ3v) is 3.01. The normalized spacial score (nSPS) is 16.4. The Balaban J connectivity index is 2.00. The van der Waals surface area contributed by atoms with Crippen LogP contribution >= 0.6 is 0 Å². The van der Waals surface area contributed by atoms with Crippen LogP contribution < -0.4 is 10.1 Å². The first-order valence-corrected chi connectivity index (χ1v) is 5.92. The van der Waals surface area contributed by atoms with Crippen molar-refractivity contribution in [2.24, 2.45) is 5.92 Å². The maximum Gasteiger partial charge on any atom is 0.387 e. The molecule has 0 radical (unpaired) electrons. The molecule has 18 heavy (non-hydrogen) atoms. The van der Waals surface area contributed by atoms with E-state index in [0.717, 1.165) is 12.8 Å². The van der Waals surface area contributed by atoms with E-state index in [4.69, 9.17) is 0 Å². The lowest BCUT2D eigenvalue weighted by Gasteiger charge is -2.13. The number of carbonyl (C=O) groups excluding carboxylic acids is 1. The van der Waals surface area contributed by atoms with Crippen LogP contribution in [0, 0.1) is 5.92 Å². The first-order valence-electron chi connectivity index (χ1n) is 5.92. The van der Waals surface area contributed by atoms with Crippen LogP contribution in [0.15, 0.2) is 24.3 Å². The van der Waals surface area contributed by atoms with Crippen molar-refractivity contribution in [2.45, 2.75) is 32.4 Å². The maximum atomic E-state index is 12.1. The van der Waals surface area contributed by atoms with E-state index in [9.17, 15) is 13.6 Å². The molecule has 0 heterocycles. The molecule has 0 bridgehead atoms. The minimum atomic E-state index is -2.88. The summed E-state index contributed by atoms with van der Waals surface area (Å²) in [7, 11) is 0. The lowest BCUT2D eigenvalue weighted by atomic mass is 10.1. The van der Waals surface area contributed by atoms with Crippen molar-refractivity contribution in [3.8, 4) is 5.75 Å². The molecule has 2 rings (SSSR count). The second kappa shape index (κ2) is 5.33. The van der Waals surface area contributed by atoms with Crippen LogP contribution in [0.2, 0.25) is 0 Å². The zero-order valence-corrected chi connectivity index (χ0v) is 10.0. The molecule has 0 spiro atoms. The highest BCUT2D eigenvalue weighted by Gasteiger charge is 2.29. The van der Waals surface area contributed by atoms with Crippen LogP contribution in [0.5, 0.6) is 5.75 Å². The molecule has 98 valence electrons. The van der Waals surface area contributed by atoms with E-state index in [-0.39, 0.29) is 17.7 Å². The molecule has 1 saturated carbocycles. The fraction of sp³-hybridized carbons (Fsp3) is 0.462. The van der Waals surface area contributed by atoms with Gasteiger partial charge in [0.25, 0.3) is 5.91 Å². The molecule has 1 aliphatic rings. The number of nitrogens with one attached hydrogen (secondary N) is 1. The van der Waals surface area contributed by atoms with Crippen molar-refractivity contribution < 1.29 is 18.3 Å². The largest absolute Gasteiger partial charge is 0.435 e. The highest BCUT2D eigenvalue weighted by atomic mass is 19.3. The van der Waals surface area contributed by atoms with Gasteiger partial charge in [-0.2, -0.15) is 8.78 Å². The first-order chi connectivity index (χ1) is 8.56. The summed E-state index contributed by atoms with van der Waals surface area (Å²) < 4.78 is 28.4. The summed E-state index contributed by atoms with van der Waals surface area (Å²) in [6.45, 7) is -0.927. The van der Waals surface area contributed by atoms with Crippen LogP contribution in [-0.2, 0) is 0 Å². The molecule has 0 aliphatic heterocycles. The molecule has 0 saturated heterocycles. The lowest BCUT2D eigenvalue weighted by molar-refractivity contribution is -0.0498. The maximum absolute atomic E-state index is 12.1. The molecule has 3 nitrogen and oxygen atoms in total. The molecule has 1 amide bonds. The average Bonchev–Trinajstić information content (AvgIpc) is 3.12. The van der Waals surface area contributed by atoms with Gasteiger partial charge in [-0.1, -0.05) is 6.07 Å². The molecule has 0 aromatic heterocycles. The fourth-order valence-electron chi connectivity index (χ4n) is 1.82. The number of ether oxygens (including phenoxy) is 1. The number of hydrogen-bond acceptors (Lipinski definition) is 2.